The highest BCUT2D eigenvalue weighted by atomic mass is 35.5. The van der Waals surface area contributed by atoms with Gasteiger partial charge >= 0.3 is 0 Å². The summed E-state index contributed by atoms with van der Waals surface area (Å²) in [6.07, 6.45) is 3.43. The standard InChI is InChI=1S/C17H17ClN2O3/c1-22-13-6-7-14-12(10-13)4-3-9-20(14)16(21)11-23-15-5-2-8-19-17(15)18/h2,5-8,10H,3-4,9,11H2,1H3. The number of pyridine rings is 1. The monoisotopic (exact) mass is 332 g/mol. The van der Waals surface area contributed by atoms with E-state index < -0.39 is 0 Å². The number of benzene rings is 1. The summed E-state index contributed by atoms with van der Waals surface area (Å²) in [6, 6.07) is 9.17. The molecule has 0 bridgehead atoms. The molecule has 0 saturated carbocycles. The van der Waals surface area contributed by atoms with E-state index in [4.69, 9.17) is 21.1 Å². The molecule has 0 fully saturated rings. The number of fused-ring (bicyclic) bond motifs is 1. The van der Waals surface area contributed by atoms with Crippen LogP contribution < -0.4 is 14.4 Å². The highest BCUT2D eigenvalue weighted by Gasteiger charge is 2.23. The molecule has 1 aromatic heterocycles. The van der Waals surface area contributed by atoms with Gasteiger partial charge in [-0.15, -0.1) is 0 Å². The highest BCUT2D eigenvalue weighted by molar-refractivity contribution is 6.30. The minimum absolute atomic E-state index is 0.0725. The van der Waals surface area contributed by atoms with Gasteiger partial charge in [-0.05, 0) is 48.7 Å². The smallest absolute Gasteiger partial charge is 0.264 e. The number of aromatic nitrogens is 1. The van der Waals surface area contributed by atoms with E-state index in [0.29, 0.717) is 12.3 Å². The number of rotatable bonds is 4. The van der Waals surface area contributed by atoms with Crippen molar-refractivity contribution in [2.75, 3.05) is 25.2 Å². The first-order chi connectivity index (χ1) is 11.2. The van der Waals surface area contributed by atoms with E-state index in [-0.39, 0.29) is 17.7 Å². The summed E-state index contributed by atoms with van der Waals surface area (Å²) in [5.41, 5.74) is 2.03. The van der Waals surface area contributed by atoms with Crippen LogP contribution in [0.2, 0.25) is 5.15 Å². The molecule has 0 spiro atoms. The van der Waals surface area contributed by atoms with Gasteiger partial charge in [0.1, 0.15) is 5.75 Å². The number of methoxy groups -OCH3 is 1. The van der Waals surface area contributed by atoms with Gasteiger partial charge in [-0.3, -0.25) is 4.79 Å². The van der Waals surface area contributed by atoms with Crippen LogP contribution in [0.25, 0.3) is 0 Å². The lowest BCUT2D eigenvalue weighted by Crippen LogP contribution is -2.38. The Morgan fingerprint density at radius 3 is 3.04 bits per heavy atom. The number of ether oxygens (including phenoxy) is 2. The molecular formula is C17H17ClN2O3. The average Bonchev–Trinajstić information content (AvgIpc) is 2.59. The molecule has 23 heavy (non-hydrogen) atoms. The number of carbonyl (C=O) groups excluding carboxylic acids is 1. The largest absolute Gasteiger partial charge is 0.497 e. The number of anilines is 1. The Labute approximate surface area is 139 Å². The lowest BCUT2D eigenvalue weighted by Gasteiger charge is -2.29. The second kappa shape index (κ2) is 6.87. The van der Waals surface area contributed by atoms with Crippen LogP contribution in [0.4, 0.5) is 5.69 Å². The lowest BCUT2D eigenvalue weighted by atomic mass is 10.0. The molecule has 0 aliphatic carbocycles. The van der Waals surface area contributed by atoms with Crippen molar-refractivity contribution in [1.82, 2.24) is 4.98 Å². The number of aryl methyl sites for hydroxylation is 1. The molecule has 1 aliphatic heterocycles. The fourth-order valence-corrected chi connectivity index (χ4v) is 2.83. The molecule has 0 saturated heterocycles. The summed E-state index contributed by atoms with van der Waals surface area (Å²) in [7, 11) is 1.64. The summed E-state index contributed by atoms with van der Waals surface area (Å²) in [4.78, 5) is 18.2. The molecule has 5 nitrogen and oxygen atoms in total. The number of halogens is 1. The molecule has 0 radical (unpaired) electrons. The van der Waals surface area contributed by atoms with E-state index in [1.807, 2.05) is 18.2 Å². The van der Waals surface area contributed by atoms with Gasteiger partial charge in [-0.2, -0.15) is 0 Å². The molecule has 0 N–H and O–H groups in total. The Morgan fingerprint density at radius 1 is 1.39 bits per heavy atom. The molecule has 1 aromatic carbocycles. The molecule has 2 aromatic rings. The van der Waals surface area contributed by atoms with Crippen molar-refractivity contribution in [3.63, 3.8) is 0 Å². The van der Waals surface area contributed by atoms with Gasteiger partial charge in [0.25, 0.3) is 5.91 Å². The van der Waals surface area contributed by atoms with Crippen molar-refractivity contribution in [1.29, 1.82) is 0 Å². The molecule has 3 rings (SSSR count). The minimum atomic E-state index is -0.101. The fourth-order valence-electron chi connectivity index (χ4n) is 2.66. The number of amides is 1. The van der Waals surface area contributed by atoms with Gasteiger partial charge in [-0.25, -0.2) is 4.98 Å². The van der Waals surface area contributed by atoms with Gasteiger partial charge in [0.15, 0.2) is 17.5 Å². The molecule has 2 heterocycles. The van der Waals surface area contributed by atoms with Crippen LogP contribution in [0.3, 0.4) is 0 Å². The van der Waals surface area contributed by atoms with E-state index in [1.54, 1.807) is 30.3 Å². The van der Waals surface area contributed by atoms with Gasteiger partial charge in [0.05, 0.1) is 7.11 Å². The van der Waals surface area contributed by atoms with Gasteiger partial charge in [0, 0.05) is 18.4 Å². The predicted molar refractivity (Wildman–Crippen MR) is 88.4 cm³/mol. The van der Waals surface area contributed by atoms with Crippen LogP contribution in [-0.2, 0) is 11.2 Å². The van der Waals surface area contributed by atoms with Crippen molar-refractivity contribution < 1.29 is 14.3 Å². The molecule has 1 amide bonds. The van der Waals surface area contributed by atoms with Gasteiger partial charge in [0.2, 0.25) is 0 Å². The van der Waals surface area contributed by atoms with Crippen LogP contribution in [0.5, 0.6) is 11.5 Å². The van der Waals surface area contributed by atoms with E-state index in [1.165, 1.54) is 0 Å². The maximum Gasteiger partial charge on any atom is 0.264 e. The third-order valence-electron chi connectivity index (χ3n) is 3.78. The zero-order valence-corrected chi connectivity index (χ0v) is 13.5. The third-order valence-corrected chi connectivity index (χ3v) is 4.07. The lowest BCUT2D eigenvalue weighted by molar-refractivity contribution is -0.120. The SMILES string of the molecule is COc1ccc2c(c1)CCCN2C(=O)COc1cccnc1Cl. The topological polar surface area (TPSA) is 51.7 Å². The maximum absolute atomic E-state index is 12.5. The Hall–Kier alpha value is -2.27. The molecule has 0 atom stereocenters. The van der Waals surface area contributed by atoms with E-state index in [2.05, 4.69) is 4.98 Å². The molecule has 120 valence electrons. The first kappa shape index (κ1) is 15.6. The second-order valence-electron chi connectivity index (χ2n) is 5.22. The van der Waals surface area contributed by atoms with Crippen molar-refractivity contribution in [3.05, 3.63) is 47.2 Å². The minimum Gasteiger partial charge on any atom is -0.497 e. The highest BCUT2D eigenvalue weighted by Crippen LogP contribution is 2.30. The Kier molecular flexibility index (Phi) is 4.67. The first-order valence-corrected chi connectivity index (χ1v) is 7.77. The summed E-state index contributed by atoms with van der Waals surface area (Å²) >= 11 is 5.93. The predicted octanol–water partition coefficient (Wildman–Crippen LogP) is 3.10. The zero-order chi connectivity index (χ0) is 16.2. The quantitative estimate of drug-likeness (QED) is 0.807. The summed E-state index contributed by atoms with van der Waals surface area (Å²) in [5, 5.41) is 0.254. The molecular weight excluding hydrogens is 316 g/mol. The molecule has 6 heteroatoms. The van der Waals surface area contributed by atoms with Crippen LogP contribution in [0.1, 0.15) is 12.0 Å². The molecule has 1 aliphatic rings. The van der Waals surface area contributed by atoms with Crippen LogP contribution >= 0.6 is 11.6 Å². The van der Waals surface area contributed by atoms with Crippen LogP contribution in [0.15, 0.2) is 36.5 Å². The summed E-state index contributed by atoms with van der Waals surface area (Å²) in [5.74, 6) is 1.11. The summed E-state index contributed by atoms with van der Waals surface area (Å²) < 4.78 is 10.7. The van der Waals surface area contributed by atoms with Crippen molar-refractivity contribution in [3.8, 4) is 11.5 Å². The third kappa shape index (κ3) is 3.40. The first-order valence-electron chi connectivity index (χ1n) is 7.39. The van der Waals surface area contributed by atoms with E-state index >= 15 is 0 Å². The van der Waals surface area contributed by atoms with Crippen LogP contribution in [0, 0.1) is 0 Å². The fraction of sp³-hybridized carbons (Fsp3) is 0.294. The summed E-state index contributed by atoms with van der Waals surface area (Å²) in [6.45, 7) is 0.610. The van der Waals surface area contributed by atoms with Crippen molar-refractivity contribution >= 4 is 23.2 Å². The number of nitrogens with zero attached hydrogens (tertiary/aromatic N) is 2. The maximum atomic E-state index is 12.5. The van der Waals surface area contributed by atoms with Crippen molar-refractivity contribution in [2.24, 2.45) is 0 Å². The van der Waals surface area contributed by atoms with E-state index in [0.717, 1.165) is 29.8 Å². The average molecular weight is 333 g/mol. The second-order valence-corrected chi connectivity index (χ2v) is 5.58. The zero-order valence-electron chi connectivity index (χ0n) is 12.8. The Balaban J connectivity index is 1.73. The van der Waals surface area contributed by atoms with Crippen LogP contribution in [-0.4, -0.2) is 31.2 Å². The Bertz CT molecular complexity index is 721. The number of hydrogen-bond donors (Lipinski definition) is 0. The van der Waals surface area contributed by atoms with E-state index in [9.17, 15) is 4.79 Å². The number of carbonyl (C=O) groups is 1. The normalized spacial score (nSPS) is 13.4. The molecule has 0 unspecified atom stereocenters. The van der Waals surface area contributed by atoms with Gasteiger partial charge in [-0.1, -0.05) is 11.6 Å². The Morgan fingerprint density at radius 2 is 2.26 bits per heavy atom. The van der Waals surface area contributed by atoms with Crippen molar-refractivity contribution in [2.45, 2.75) is 12.8 Å². The number of hydrogen-bond acceptors (Lipinski definition) is 4. The van der Waals surface area contributed by atoms with Gasteiger partial charge < -0.3 is 14.4 Å².